The molecule has 9 nitrogen and oxygen atoms in total. The predicted molar refractivity (Wildman–Crippen MR) is 110 cm³/mol. The molecule has 2 heterocycles. The number of fused-ring (bicyclic) bond motifs is 1. The van der Waals surface area contributed by atoms with E-state index in [0.717, 1.165) is 30.9 Å². The third-order valence-corrected chi connectivity index (χ3v) is 7.26. The third-order valence-electron chi connectivity index (χ3n) is 5.36. The zero-order chi connectivity index (χ0) is 21.3. The van der Waals surface area contributed by atoms with Crippen molar-refractivity contribution in [1.29, 1.82) is 0 Å². The molecule has 0 spiro atoms. The van der Waals surface area contributed by atoms with E-state index in [1.807, 2.05) is 12.1 Å². The highest BCUT2D eigenvalue weighted by molar-refractivity contribution is 7.89. The zero-order valence-corrected chi connectivity index (χ0v) is 17.4. The van der Waals surface area contributed by atoms with Crippen LogP contribution in [0.1, 0.15) is 24.8 Å². The first-order valence-electron chi connectivity index (χ1n) is 9.74. The van der Waals surface area contributed by atoms with E-state index < -0.39 is 14.9 Å². The molecule has 0 aromatic heterocycles. The van der Waals surface area contributed by atoms with E-state index in [1.165, 1.54) is 16.4 Å². The van der Waals surface area contributed by atoms with Crippen molar-refractivity contribution in [1.82, 2.24) is 4.31 Å². The molecule has 160 valence electrons. The normalized spacial score (nSPS) is 16.4. The van der Waals surface area contributed by atoms with Crippen molar-refractivity contribution >= 4 is 21.4 Å². The maximum atomic E-state index is 12.9. The van der Waals surface area contributed by atoms with Gasteiger partial charge in [0, 0.05) is 32.7 Å². The molecule has 1 saturated heterocycles. The van der Waals surface area contributed by atoms with Gasteiger partial charge >= 0.3 is 0 Å². The quantitative estimate of drug-likeness (QED) is 0.509. The lowest BCUT2D eigenvalue weighted by Crippen LogP contribution is -2.35. The van der Waals surface area contributed by atoms with Crippen molar-refractivity contribution in [2.45, 2.75) is 30.7 Å². The summed E-state index contributed by atoms with van der Waals surface area (Å²) in [6, 6.07) is 9.61. The first-order valence-corrected chi connectivity index (χ1v) is 11.2. The molecule has 2 aliphatic heterocycles. The van der Waals surface area contributed by atoms with Crippen LogP contribution in [0.2, 0.25) is 0 Å². The van der Waals surface area contributed by atoms with Crippen molar-refractivity contribution in [2.75, 3.05) is 31.8 Å². The van der Waals surface area contributed by atoms with Gasteiger partial charge in [0.15, 0.2) is 11.5 Å². The number of sulfonamides is 1. The van der Waals surface area contributed by atoms with Gasteiger partial charge in [-0.2, -0.15) is 4.31 Å². The largest absolute Gasteiger partial charge is 0.454 e. The molecule has 30 heavy (non-hydrogen) atoms. The lowest BCUT2D eigenvalue weighted by molar-refractivity contribution is -0.384. The van der Waals surface area contributed by atoms with Crippen molar-refractivity contribution < 1.29 is 22.8 Å². The average molecular weight is 433 g/mol. The summed E-state index contributed by atoms with van der Waals surface area (Å²) in [4.78, 5) is 12.9. The first-order chi connectivity index (χ1) is 14.4. The molecule has 10 heteroatoms. The second-order valence-corrected chi connectivity index (χ2v) is 9.35. The summed E-state index contributed by atoms with van der Waals surface area (Å²) in [5.41, 5.74) is 0.993. The van der Waals surface area contributed by atoms with Crippen molar-refractivity contribution in [2.24, 2.45) is 0 Å². The zero-order valence-electron chi connectivity index (χ0n) is 16.6. The number of nitro groups is 1. The number of benzene rings is 2. The molecule has 0 saturated carbocycles. The average Bonchev–Trinajstić information content (AvgIpc) is 3.21. The summed E-state index contributed by atoms with van der Waals surface area (Å²) in [6.45, 7) is 1.45. The number of nitrogens with zero attached hydrogens (tertiary/aromatic N) is 3. The Hall–Kier alpha value is -2.85. The molecule has 0 unspecified atom stereocenters. The Morgan fingerprint density at radius 1 is 1.07 bits per heavy atom. The Bertz CT molecular complexity index is 1070. The number of hydrogen-bond donors (Lipinski definition) is 0. The molecule has 0 amide bonds. The lowest BCUT2D eigenvalue weighted by atomic mass is 10.1. The summed E-state index contributed by atoms with van der Waals surface area (Å²) < 4.78 is 37.9. The molecule has 0 aliphatic carbocycles. The van der Waals surface area contributed by atoms with Crippen molar-refractivity contribution in [3.05, 3.63) is 52.1 Å². The van der Waals surface area contributed by atoms with Crippen LogP contribution in [-0.4, -0.2) is 44.6 Å². The minimum atomic E-state index is -3.75. The topological polar surface area (TPSA) is 102 Å². The van der Waals surface area contributed by atoms with Crippen LogP contribution in [0.4, 0.5) is 11.4 Å². The molecule has 0 radical (unpaired) electrons. The van der Waals surface area contributed by atoms with Crippen molar-refractivity contribution in [3.63, 3.8) is 0 Å². The summed E-state index contributed by atoms with van der Waals surface area (Å²) in [5, 5.41) is 11.7. The van der Waals surface area contributed by atoms with Gasteiger partial charge in [0.05, 0.1) is 9.82 Å². The Balaban J connectivity index is 1.61. The van der Waals surface area contributed by atoms with E-state index in [-0.39, 0.29) is 17.4 Å². The van der Waals surface area contributed by atoms with Gasteiger partial charge < -0.3 is 14.4 Å². The maximum absolute atomic E-state index is 12.9. The summed E-state index contributed by atoms with van der Waals surface area (Å²) in [6.07, 6.45) is 2.60. The van der Waals surface area contributed by atoms with Crippen LogP contribution >= 0.6 is 0 Å². The molecular formula is C20H23N3O6S. The fourth-order valence-corrected chi connectivity index (χ4v) is 5.32. The van der Waals surface area contributed by atoms with Crippen LogP contribution in [0.25, 0.3) is 0 Å². The SMILES string of the molecule is CN(Cc1ccc2c(c1)OCO2)c1ccc(S(=O)(=O)N2CCCCC2)cc1[N+](=O)[O-]. The number of anilines is 1. The van der Waals surface area contributed by atoms with Crippen LogP contribution in [0.5, 0.6) is 11.5 Å². The van der Waals surface area contributed by atoms with Gasteiger partial charge in [-0.05, 0) is 42.7 Å². The van der Waals surface area contributed by atoms with E-state index in [2.05, 4.69) is 0 Å². The molecule has 2 aromatic carbocycles. The molecule has 2 aliphatic rings. The van der Waals surface area contributed by atoms with Crippen molar-refractivity contribution in [3.8, 4) is 11.5 Å². The summed E-state index contributed by atoms with van der Waals surface area (Å²) >= 11 is 0. The third kappa shape index (κ3) is 3.92. The minimum Gasteiger partial charge on any atom is -0.454 e. The fourth-order valence-electron chi connectivity index (χ4n) is 3.79. The Morgan fingerprint density at radius 2 is 1.80 bits per heavy atom. The maximum Gasteiger partial charge on any atom is 0.293 e. The van der Waals surface area contributed by atoms with Crippen LogP contribution in [-0.2, 0) is 16.6 Å². The Morgan fingerprint density at radius 3 is 2.53 bits per heavy atom. The standard InChI is InChI=1S/C20H23N3O6S/c1-21(13-15-5-8-19-20(11-15)29-14-28-19)17-7-6-16(12-18(17)23(24)25)30(26,27)22-9-3-2-4-10-22/h5-8,11-12H,2-4,9-10,13-14H2,1H3. The molecule has 1 fully saturated rings. The first kappa shape index (κ1) is 20.4. The Labute approximate surface area is 175 Å². The smallest absolute Gasteiger partial charge is 0.293 e. The minimum absolute atomic E-state index is 0.0451. The number of hydrogen-bond acceptors (Lipinski definition) is 7. The molecular weight excluding hydrogens is 410 g/mol. The molecule has 4 rings (SSSR count). The van der Waals surface area contributed by atoms with Gasteiger partial charge in [-0.1, -0.05) is 12.5 Å². The molecule has 0 atom stereocenters. The highest BCUT2D eigenvalue weighted by atomic mass is 32.2. The molecule has 0 bridgehead atoms. The van der Waals surface area contributed by atoms with E-state index in [1.54, 1.807) is 18.0 Å². The van der Waals surface area contributed by atoms with Crippen LogP contribution in [0, 0.1) is 10.1 Å². The number of rotatable bonds is 6. The number of nitro benzene ring substituents is 1. The van der Waals surface area contributed by atoms with Gasteiger partial charge in [-0.3, -0.25) is 10.1 Å². The van der Waals surface area contributed by atoms with Gasteiger partial charge in [0.1, 0.15) is 5.69 Å². The second kappa shape index (κ2) is 8.11. The predicted octanol–water partition coefficient (Wildman–Crippen LogP) is 3.13. The monoisotopic (exact) mass is 433 g/mol. The van der Waals surface area contributed by atoms with E-state index in [9.17, 15) is 18.5 Å². The van der Waals surface area contributed by atoms with Crippen LogP contribution < -0.4 is 14.4 Å². The summed E-state index contributed by atoms with van der Waals surface area (Å²) in [7, 11) is -2.02. The summed E-state index contributed by atoms with van der Waals surface area (Å²) in [5.74, 6) is 1.30. The lowest BCUT2D eigenvalue weighted by Gasteiger charge is -2.26. The molecule has 0 N–H and O–H groups in total. The van der Waals surface area contributed by atoms with E-state index in [0.29, 0.717) is 36.8 Å². The number of ether oxygens (including phenoxy) is 2. The highest BCUT2D eigenvalue weighted by Gasteiger charge is 2.29. The second-order valence-electron chi connectivity index (χ2n) is 7.42. The highest BCUT2D eigenvalue weighted by Crippen LogP contribution is 2.35. The van der Waals surface area contributed by atoms with Gasteiger partial charge in [0.2, 0.25) is 16.8 Å². The number of piperidine rings is 1. The fraction of sp³-hybridized carbons (Fsp3) is 0.400. The van der Waals surface area contributed by atoms with E-state index >= 15 is 0 Å². The Kier molecular flexibility index (Phi) is 5.52. The van der Waals surface area contributed by atoms with Gasteiger partial charge in [-0.25, -0.2) is 8.42 Å². The molecule has 2 aromatic rings. The van der Waals surface area contributed by atoms with Gasteiger partial charge in [-0.15, -0.1) is 0 Å². The van der Waals surface area contributed by atoms with Gasteiger partial charge in [0.25, 0.3) is 5.69 Å². The van der Waals surface area contributed by atoms with E-state index in [4.69, 9.17) is 9.47 Å². The van der Waals surface area contributed by atoms with Crippen LogP contribution in [0.15, 0.2) is 41.3 Å². The van der Waals surface area contributed by atoms with Crippen LogP contribution in [0.3, 0.4) is 0 Å².